The maximum atomic E-state index is 14.1. The summed E-state index contributed by atoms with van der Waals surface area (Å²) in [5.41, 5.74) is 3.50. The zero-order valence-corrected chi connectivity index (χ0v) is 18.0. The summed E-state index contributed by atoms with van der Waals surface area (Å²) in [6.07, 6.45) is -4.05. The van der Waals surface area contributed by atoms with Crippen LogP contribution in [0.2, 0.25) is 0 Å². The number of carbonyl (C=O) groups is 1. The first-order chi connectivity index (χ1) is 14.8. The zero-order valence-electron chi connectivity index (χ0n) is 18.0. The molecule has 0 saturated carbocycles. The summed E-state index contributed by atoms with van der Waals surface area (Å²) < 4.78 is 42.4. The number of Topliss-reactive ketones (excluding diaryl/α,β-unsaturated/α-hetero) is 1. The van der Waals surface area contributed by atoms with E-state index in [1.165, 1.54) is 12.5 Å². The number of nitrogens with one attached hydrogen (secondary N) is 1. The lowest BCUT2D eigenvalue weighted by Crippen LogP contribution is -2.44. The fourth-order valence-corrected chi connectivity index (χ4v) is 3.24. The van der Waals surface area contributed by atoms with E-state index in [1.807, 2.05) is 19.1 Å². The topological polar surface area (TPSA) is 105 Å². The molecule has 1 atom stereocenters. The van der Waals surface area contributed by atoms with Crippen molar-refractivity contribution in [3.63, 3.8) is 0 Å². The van der Waals surface area contributed by atoms with Crippen LogP contribution in [0.1, 0.15) is 54.0 Å². The highest BCUT2D eigenvalue weighted by molar-refractivity contribution is 5.94. The molecule has 4 N–H and O–H groups in total. The maximum absolute atomic E-state index is 14.1. The predicted octanol–water partition coefficient (Wildman–Crippen LogP) is 4.39. The van der Waals surface area contributed by atoms with E-state index >= 15 is 0 Å². The van der Waals surface area contributed by atoms with Crippen molar-refractivity contribution in [3.8, 4) is 11.3 Å². The van der Waals surface area contributed by atoms with Crippen molar-refractivity contribution in [2.45, 2.75) is 50.9 Å². The van der Waals surface area contributed by atoms with E-state index in [-0.39, 0.29) is 11.4 Å². The maximum Gasteiger partial charge on any atom is 0.422 e. The van der Waals surface area contributed by atoms with Gasteiger partial charge in [0.15, 0.2) is 5.78 Å². The van der Waals surface area contributed by atoms with Gasteiger partial charge in [0.2, 0.25) is 5.60 Å². The number of H-pyrrole nitrogens is 1. The standard InChI is InChI=1S/C23H25F3N4O2/c1-14-4-6-15(7-5-14)17-10-16(21(2,3)27)11-20(30-17)22(32,23(24,25)26)9-8-19(31)18-12-28-13-29-18/h4-7,10-13,32H,8-9,27H2,1-3H3,(H,28,29). The molecule has 6 nitrogen and oxygen atoms in total. The molecule has 2 aromatic heterocycles. The minimum absolute atomic E-state index is 0.0691. The van der Waals surface area contributed by atoms with Gasteiger partial charge in [0.1, 0.15) is 5.69 Å². The van der Waals surface area contributed by atoms with Gasteiger partial charge in [-0.3, -0.25) is 4.79 Å². The molecule has 0 radical (unpaired) electrons. The Labute approximate surface area is 183 Å². The summed E-state index contributed by atoms with van der Waals surface area (Å²) >= 11 is 0. The largest absolute Gasteiger partial charge is 0.422 e. The van der Waals surface area contributed by atoms with Gasteiger partial charge in [0, 0.05) is 17.5 Å². The van der Waals surface area contributed by atoms with Crippen molar-refractivity contribution in [2.24, 2.45) is 5.73 Å². The molecule has 3 rings (SSSR count). The molecule has 3 aromatic rings. The van der Waals surface area contributed by atoms with Crippen LogP contribution in [0.4, 0.5) is 13.2 Å². The lowest BCUT2D eigenvalue weighted by molar-refractivity contribution is -0.270. The van der Waals surface area contributed by atoms with Crippen molar-refractivity contribution in [2.75, 3.05) is 0 Å². The van der Waals surface area contributed by atoms with Crippen LogP contribution in [0.25, 0.3) is 11.3 Å². The fourth-order valence-electron chi connectivity index (χ4n) is 3.24. The quantitative estimate of drug-likeness (QED) is 0.467. The van der Waals surface area contributed by atoms with E-state index in [1.54, 1.807) is 32.0 Å². The molecule has 0 bridgehead atoms. The van der Waals surface area contributed by atoms with Gasteiger partial charge in [0.05, 0.1) is 23.9 Å². The average molecular weight is 446 g/mol. The van der Waals surface area contributed by atoms with E-state index in [9.17, 15) is 23.1 Å². The first-order valence-electron chi connectivity index (χ1n) is 10.0. The average Bonchev–Trinajstić information content (AvgIpc) is 3.25. The molecular weight excluding hydrogens is 421 g/mol. The smallest absolute Gasteiger partial charge is 0.375 e. The molecular formula is C23H25F3N4O2. The van der Waals surface area contributed by atoms with Crippen molar-refractivity contribution < 1.29 is 23.1 Å². The van der Waals surface area contributed by atoms with Gasteiger partial charge >= 0.3 is 6.18 Å². The molecule has 0 spiro atoms. The Morgan fingerprint density at radius 1 is 1.16 bits per heavy atom. The number of nitrogens with zero attached hydrogens (tertiary/aromatic N) is 2. The number of hydrogen-bond donors (Lipinski definition) is 3. The Morgan fingerprint density at radius 3 is 2.34 bits per heavy atom. The number of halogens is 3. The SMILES string of the molecule is Cc1ccc(-c2cc(C(C)(C)N)cc(C(O)(CCC(=O)c3cnc[nH]3)C(F)(F)F)n2)cc1. The number of aromatic amines is 1. The molecule has 1 unspecified atom stereocenters. The molecule has 0 saturated heterocycles. The molecule has 0 aliphatic rings. The third-order valence-corrected chi connectivity index (χ3v) is 5.32. The highest BCUT2D eigenvalue weighted by Gasteiger charge is 2.56. The van der Waals surface area contributed by atoms with Crippen molar-refractivity contribution >= 4 is 5.78 Å². The van der Waals surface area contributed by atoms with Crippen LogP contribution in [0, 0.1) is 6.92 Å². The summed E-state index contributed by atoms with van der Waals surface area (Å²) in [5.74, 6) is -0.598. The molecule has 170 valence electrons. The molecule has 0 aliphatic carbocycles. The second kappa shape index (κ2) is 8.48. The summed E-state index contributed by atoms with van der Waals surface area (Å²) in [6, 6.07) is 9.88. The van der Waals surface area contributed by atoms with E-state index in [2.05, 4.69) is 15.0 Å². The lowest BCUT2D eigenvalue weighted by Gasteiger charge is -2.32. The van der Waals surface area contributed by atoms with Gasteiger partial charge in [-0.2, -0.15) is 13.2 Å². The number of benzene rings is 1. The number of nitrogens with two attached hydrogens (primary N) is 1. The number of alkyl halides is 3. The Kier molecular flexibility index (Phi) is 6.26. The number of ketones is 1. The Balaban J connectivity index is 2.09. The van der Waals surface area contributed by atoms with Gasteiger partial charge in [0.25, 0.3) is 0 Å². The van der Waals surface area contributed by atoms with Crippen LogP contribution in [0.3, 0.4) is 0 Å². The van der Waals surface area contributed by atoms with Crippen molar-refractivity contribution in [1.29, 1.82) is 0 Å². The summed E-state index contributed by atoms with van der Waals surface area (Å²) in [4.78, 5) is 22.7. The molecule has 9 heteroatoms. The van der Waals surface area contributed by atoms with E-state index in [4.69, 9.17) is 5.73 Å². The van der Waals surface area contributed by atoms with E-state index < -0.39 is 41.6 Å². The van der Waals surface area contributed by atoms with Crippen LogP contribution in [0.5, 0.6) is 0 Å². The van der Waals surface area contributed by atoms with Gasteiger partial charge < -0.3 is 15.8 Å². The molecule has 2 heterocycles. The first kappa shape index (κ1) is 23.6. The van der Waals surface area contributed by atoms with Gasteiger partial charge in [-0.25, -0.2) is 9.97 Å². The van der Waals surface area contributed by atoms with Crippen LogP contribution >= 0.6 is 0 Å². The minimum Gasteiger partial charge on any atom is -0.375 e. The van der Waals surface area contributed by atoms with Crippen molar-refractivity contribution in [3.05, 3.63) is 71.4 Å². The van der Waals surface area contributed by atoms with Crippen LogP contribution in [-0.4, -0.2) is 32.0 Å². The number of imidazole rings is 1. The van der Waals surface area contributed by atoms with E-state index in [0.29, 0.717) is 11.1 Å². The van der Waals surface area contributed by atoms with Gasteiger partial charge in [-0.1, -0.05) is 29.8 Å². The Hall–Kier alpha value is -3.04. The Bertz CT molecular complexity index is 1090. The highest BCUT2D eigenvalue weighted by atomic mass is 19.4. The lowest BCUT2D eigenvalue weighted by atomic mass is 9.86. The number of pyridine rings is 1. The summed E-state index contributed by atoms with van der Waals surface area (Å²) in [6.45, 7) is 5.19. The number of aromatic nitrogens is 3. The monoisotopic (exact) mass is 446 g/mol. The fraction of sp³-hybridized carbons (Fsp3) is 0.348. The van der Waals surface area contributed by atoms with Crippen LogP contribution in [-0.2, 0) is 11.1 Å². The predicted molar refractivity (Wildman–Crippen MR) is 114 cm³/mol. The normalized spacial score (nSPS) is 14.2. The molecule has 0 fully saturated rings. The first-order valence-corrected chi connectivity index (χ1v) is 10.0. The van der Waals surface area contributed by atoms with Crippen LogP contribution < -0.4 is 5.73 Å². The zero-order chi connectivity index (χ0) is 23.7. The number of aliphatic hydroxyl groups is 1. The number of aryl methyl sites for hydroxylation is 1. The second-order valence-corrected chi connectivity index (χ2v) is 8.46. The summed E-state index contributed by atoms with van der Waals surface area (Å²) in [5, 5.41) is 10.9. The highest BCUT2D eigenvalue weighted by Crippen LogP contribution is 2.43. The van der Waals surface area contributed by atoms with Gasteiger partial charge in [-0.05, 0) is 44.9 Å². The third-order valence-electron chi connectivity index (χ3n) is 5.32. The second-order valence-electron chi connectivity index (χ2n) is 8.46. The van der Waals surface area contributed by atoms with Gasteiger partial charge in [-0.15, -0.1) is 0 Å². The number of carbonyl (C=O) groups excluding carboxylic acids is 1. The summed E-state index contributed by atoms with van der Waals surface area (Å²) in [7, 11) is 0. The molecule has 32 heavy (non-hydrogen) atoms. The van der Waals surface area contributed by atoms with Crippen LogP contribution in [0.15, 0.2) is 48.9 Å². The Morgan fingerprint density at radius 2 is 1.81 bits per heavy atom. The van der Waals surface area contributed by atoms with E-state index in [0.717, 1.165) is 11.6 Å². The minimum atomic E-state index is -5.07. The number of rotatable bonds is 7. The molecule has 0 amide bonds. The molecule has 1 aromatic carbocycles. The molecule has 0 aliphatic heterocycles. The third kappa shape index (κ3) is 4.89. The number of hydrogen-bond acceptors (Lipinski definition) is 5. The van der Waals surface area contributed by atoms with Crippen molar-refractivity contribution in [1.82, 2.24) is 15.0 Å².